The van der Waals surface area contributed by atoms with Crippen LogP contribution in [0.15, 0.2) is 22.6 Å². The van der Waals surface area contributed by atoms with Crippen molar-refractivity contribution in [1.82, 2.24) is 4.98 Å². The molecule has 1 aromatic carbocycles. The van der Waals surface area contributed by atoms with Crippen molar-refractivity contribution in [2.45, 2.75) is 24.8 Å². The second-order valence-corrected chi connectivity index (χ2v) is 5.06. The number of anilines is 1. The van der Waals surface area contributed by atoms with E-state index < -0.39 is 6.04 Å². The second-order valence-electron chi connectivity index (χ2n) is 5.06. The van der Waals surface area contributed by atoms with E-state index in [1.165, 1.54) is 7.11 Å². The zero-order valence-electron chi connectivity index (χ0n) is 11.3. The molecule has 2 aromatic rings. The van der Waals surface area contributed by atoms with Crippen molar-refractivity contribution < 1.29 is 13.9 Å². The molecule has 0 bridgehead atoms. The van der Waals surface area contributed by atoms with Crippen molar-refractivity contribution in [2.75, 3.05) is 19.0 Å². The smallest absolute Gasteiger partial charge is 0.243 e. The molecule has 106 valence electrons. The fraction of sp³-hybridized carbons (Fsp3) is 0.429. The summed E-state index contributed by atoms with van der Waals surface area (Å²) in [5, 5.41) is 2.74. The molecule has 1 aliphatic carbocycles. The van der Waals surface area contributed by atoms with E-state index in [-0.39, 0.29) is 12.5 Å². The third-order valence-electron chi connectivity index (χ3n) is 3.28. The Bertz CT molecular complexity index is 634. The van der Waals surface area contributed by atoms with Gasteiger partial charge in [-0.05, 0) is 25.0 Å². The first-order chi connectivity index (χ1) is 9.67. The number of rotatable bonds is 5. The van der Waals surface area contributed by atoms with E-state index in [9.17, 15) is 4.79 Å². The van der Waals surface area contributed by atoms with Crippen molar-refractivity contribution >= 4 is 22.7 Å². The molecule has 0 aliphatic heterocycles. The van der Waals surface area contributed by atoms with Crippen LogP contribution in [-0.4, -0.2) is 30.6 Å². The highest BCUT2D eigenvalue weighted by Crippen LogP contribution is 2.40. The molecule has 1 aromatic heterocycles. The number of aromatic nitrogens is 1. The molecule has 1 saturated carbocycles. The third-order valence-corrected chi connectivity index (χ3v) is 3.28. The SMILES string of the molecule is COCC(N)C(=O)Nc1ccc2nc(C3CC3)oc2c1. The Morgan fingerprint density at radius 2 is 2.40 bits per heavy atom. The normalized spacial score (nSPS) is 16.3. The maximum absolute atomic E-state index is 11.8. The van der Waals surface area contributed by atoms with Gasteiger partial charge in [-0.1, -0.05) is 0 Å². The Labute approximate surface area is 116 Å². The number of carbonyl (C=O) groups is 1. The maximum Gasteiger partial charge on any atom is 0.243 e. The lowest BCUT2D eigenvalue weighted by atomic mass is 10.2. The van der Waals surface area contributed by atoms with Gasteiger partial charge in [0.2, 0.25) is 5.91 Å². The lowest BCUT2D eigenvalue weighted by Crippen LogP contribution is -2.39. The molecule has 1 heterocycles. The molecular formula is C14H17N3O3. The second kappa shape index (κ2) is 5.22. The van der Waals surface area contributed by atoms with Crippen molar-refractivity contribution in [3.05, 3.63) is 24.1 Å². The van der Waals surface area contributed by atoms with Crippen molar-refractivity contribution in [1.29, 1.82) is 0 Å². The minimum atomic E-state index is -0.688. The lowest BCUT2D eigenvalue weighted by Gasteiger charge is -2.10. The molecule has 0 radical (unpaired) electrons. The van der Waals surface area contributed by atoms with Gasteiger partial charge in [0, 0.05) is 24.8 Å². The van der Waals surface area contributed by atoms with E-state index in [0.717, 1.165) is 24.2 Å². The fourth-order valence-electron chi connectivity index (χ4n) is 2.02. The van der Waals surface area contributed by atoms with Crippen LogP contribution in [0.25, 0.3) is 11.1 Å². The zero-order chi connectivity index (χ0) is 14.1. The van der Waals surface area contributed by atoms with Crippen molar-refractivity contribution in [3.8, 4) is 0 Å². The summed E-state index contributed by atoms with van der Waals surface area (Å²) in [7, 11) is 1.51. The number of amides is 1. The number of oxazole rings is 1. The van der Waals surface area contributed by atoms with Crippen LogP contribution in [0.1, 0.15) is 24.7 Å². The Kier molecular flexibility index (Phi) is 3.42. The Morgan fingerprint density at radius 3 is 3.10 bits per heavy atom. The molecule has 1 atom stereocenters. The van der Waals surface area contributed by atoms with Gasteiger partial charge in [0.05, 0.1) is 6.61 Å². The number of hydrogen-bond donors (Lipinski definition) is 2. The largest absolute Gasteiger partial charge is 0.440 e. The first-order valence-corrected chi connectivity index (χ1v) is 6.63. The highest BCUT2D eigenvalue weighted by Gasteiger charge is 2.28. The van der Waals surface area contributed by atoms with Crippen LogP contribution in [0.5, 0.6) is 0 Å². The summed E-state index contributed by atoms with van der Waals surface area (Å²) < 4.78 is 10.6. The number of benzene rings is 1. The van der Waals surface area contributed by atoms with E-state index in [0.29, 0.717) is 17.2 Å². The number of fused-ring (bicyclic) bond motifs is 1. The van der Waals surface area contributed by atoms with Crippen LogP contribution in [0.3, 0.4) is 0 Å². The summed E-state index contributed by atoms with van der Waals surface area (Å²) in [6, 6.07) is 4.71. The van der Waals surface area contributed by atoms with Gasteiger partial charge in [-0.15, -0.1) is 0 Å². The molecule has 6 heteroatoms. The Morgan fingerprint density at radius 1 is 1.60 bits per heavy atom. The molecule has 0 spiro atoms. The molecule has 1 fully saturated rings. The van der Waals surface area contributed by atoms with Crippen molar-refractivity contribution in [2.24, 2.45) is 5.73 Å². The van der Waals surface area contributed by atoms with Gasteiger partial charge >= 0.3 is 0 Å². The number of nitrogens with one attached hydrogen (secondary N) is 1. The molecule has 3 N–H and O–H groups in total. The van der Waals surface area contributed by atoms with E-state index in [4.69, 9.17) is 14.9 Å². The Balaban J connectivity index is 1.76. The topological polar surface area (TPSA) is 90.4 Å². The molecular weight excluding hydrogens is 258 g/mol. The van der Waals surface area contributed by atoms with Crippen LogP contribution in [0.4, 0.5) is 5.69 Å². The summed E-state index contributed by atoms with van der Waals surface area (Å²) in [5.41, 5.74) is 7.81. The zero-order valence-corrected chi connectivity index (χ0v) is 11.3. The number of nitrogens with zero attached hydrogens (tertiary/aromatic N) is 1. The summed E-state index contributed by atoms with van der Waals surface area (Å²) in [6.07, 6.45) is 2.28. The molecule has 1 amide bonds. The van der Waals surface area contributed by atoms with E-state index in [2.05, 4.69) is 10.3 Å². The summed E-state index contributed by atoms with van der Waals surface area (Å²) >= 11 is 0. The number of ether oxygens (including phenoxy) is 1. The molecule has 20 heavy (non-hydrogen) atoms. The average Bonchev–Trinajstić information content (AvgIpc) is 3.19. The van der Waals surface area contributed by atoms with Crippen LogP contribution >= 0.6 is 0 Å². The standard InChI is InChI=1S/C14H17N3O3/c1-19-7-10(15)13(18)16-9-4-5-11-12(6-9)20-14(17-11)8-2-3-8/h4-6,8,10H,2-3,7,15H2,1H3,(H,16,18). The number of nitrogens with two attached hydrogens (primary N) is 1. The predicted molar refractivity (Wildman–Crippen MR) is 74.5 cm³/mol. The molecule has 3 rings (SSSR count). The van der Waals surface area contributed by atoms with Crippen LogP contribution in [0.2, 0.25) is 0 Å². The van der Waals surface area contributed by atoms with E-state index in [1.807, 2.05) is 6.07 Å². The van der Waals surface area contributed by atoms with Crippen LogP contribution in [-0.2, 0) is 9.53 Å². The summed E-state index contributed by atoms with van der Waals surface area (Å²) in [4.78, 5) is 16.2. The third kappa shape index (κ3) is 2.66. The maximum atomic E-state index is 11.8. The molecule has 0 saturated heterocycles. The van der Waals surface area contributed by atoms with Gasteiger partial charge in [-0.2, -0.15) is 0 Å². The van der Waals surface area contributed by atoms with Crippen molar-refractivity contribution in [3.63, 3.8) is 0 Å². The molecule has 1 aliphatic rings. The first-order valence-electron chi connectivity index (χ1n) is 6.63. The lowest BCUT2D eigenvalue weighted by molar-refractivity contribution is -0.118. The first kappa shape index (κ1) is 13.1. The summed E-state index contributed by atoms with van der Waals surface area (Å²) in [6.45, 7) is 0.183. The predicted octanol–water partition coefficient (Wildman–Crippen LogP) is 1.62. The monoisotopic (exact) mass is 275 g/mol. The molecule has 6 nitrogen and oxygen atoms in total. The van der Waals surface area contributed by atoms with Gasteiger partial charge < -0.3 is 20.2 Å². The fourth-order valence-corrected chi connectivity index (χ4v) is 2.02. The van der Waals surface area contributed by atoms with Crippen LogP contribution in [0, 0.1) is 0 Å². The quantitative estimate of drug-likeness (QED) is 0.865. The van der Waals surface area contributed by atoms with Gasteiger partial charge in [0.15, 0.2) is 11.5 Å². The van der Waals surface area contributed by atoms with Gasteiger partial charge in [0.1, 0.15) is 11.6 Å². The van der Waals surface area contributed by atoms with Gasteiger partial charge in [0.25, 0.3) is 0 Å². The van der Waals surface area contributed by atoms with E-state index >= 15 is 0 Å². The minimum absolute atomic E-state index is 0.183. The highest BCUT2D eigenvalue weighted by atomic mass is 16.5. The Hall–Kier alpha value is -1.92. The number of methoxy groups -OCH3 is 1. The highest BCUT2D eigenvalue weighted by molar-refractivity contribution is 5.96. The van der Waals surface area contributed by atoms with E-state index in [1.54, 1.807) is 12.1 Å². The average molecular weight is 275 g/mol. The number of hydrogen-bond acceptors (Lipinski definition) is 5. The summed E-state index contributed by atoms with van der Waals surface area (Å²) in [5.74, 6) is 0.975. The van der Waals surface area contributed by atoms with Crippen LogP contribution < -0.4 is 11.1 Å². The van der Waals surface area contributed by atoms with Gasteiger partial charge in [-0.25, -0.2) is 4.98 Å². The minimum Gasteiger partial charge on any atom is -0.440 e. The molecule has 1 unspecified atom stereocenters. The number of carbonyl (C=O) groups excluding carboxylic acids is 1. The van der Waals surface area contributed by atoms with Gasteiger partial charge in [-0.3, -0.25) is 4.79 Å².